The lowest BCUT2D eigenvalue weighted by atomic mass is 10.1. The zero-order chi connectivity index (χ0) is 15.7. The van der Waals surface area contributed by atoms with Crippen LogP contribution in [0.3, 0.4) is 0 Å². The van der Waals surface area contributed by atoms with Crippen molar-refractivity contribution in [1.82, 2.24) is 9.88 Å². The van der Waals surface area contributed by atoms with Gasteiger partial charge in [-0.05, 0) is 25.5 Å². The molecule has 0 radical (unpaired) electrons. The number of likely N-dealkylation sites (tertiary alicyclic amines) is 1. The van der Waals surface area contributed by atoms with Crippen molar-refractivity contribution < 1.29 is 9.18 Å². The number of halogens is 1. The van der Waals surface area contributed by atoms with Gasteiger partial charge in [0.1, 0.15) is 11.3 Å². The fraction of sp³-hybridized carbons (Fsp3) is 0.412. The second-order valence-corrected chi connectivity index (χ2v) is 5.77. The van der Waals surface area contributed by atoms with E-state index in [1.165, 1.54) is 6.07 Å². The number of benzene rings is 1. The van der Waals surface area contributed by atoms with Crippen LogP contribution in [0, 0.1) is 12.7 Å². The molecule has 5 heteroatoms. The lowest BCUT2D eigenvalue weighted by molar-refractivity contribution is -0.129. The van der Waals surface area contributed by atoms with E-state index in [9.17, 15) is 9.18 Å². The highest BCUT2D eigenvalue weighted by atomic mass is 19.1. The highest BCUT2D eigenvalue weighted by molar-refractivity contribution is 5.92. The monoisotopic (exact) mass is 301 g/mol. The van der Waals surface area contributed by atoms with Crippen molar-refractivity contribution in [3.63, 3.8) is 0 Å². The molecular weight excluding hydrogens is 281 g/mol. The molecule has 1 aromatic heterocycles. The average molecular weight is 301 g/mol. The number of pyridine rings is 1. The van der Waals surface area contributed by atoms with Crippen LogP contribution in [0.25, 0.3) is 10.9 Å². The van der Waals surface area contributed by atoms with Crippen LogP contribution in [0.5, 0.6) is 0 Å². The van der Waals surface area contributed by atoms with Crippen molar-refractivity contribution in [2.45, 2.75) is 32.7 Å². The first kappa shape index (κ1) is 14.8. The number of amides is 1. The predicted molar refractivity (Wildman–Crippen MR) is 85.3 cm³/mol. The fourth-order valence-electron chi connectivity index (χ4n) is 3.01. The molecule has 116 valence electrons. The Labute approximate surface area is 129 Å². The fourth-order valence-corrected chi connectivity index (χ4v) is 3.01. The highest BCUT2D eigenvalue weighted by Gasteiger charge is 2.25. The van der Waals surface area contributed by atoms with Crippen molar-refractivity contribution in [2.24, 2.45) is 0 Å². The molecular formula is C17H20FN3O. The van der Waals surface area contributed by atoms with Gasteiger partial charge in [-0.25, -0.2) is 9.37 Å². The molecule has 1 unspecified atom stereocenters. The summed E-state index contributed by atoms with van der Waals surface area (Å²) in [5.41, 5.74) is 2.06. The molecule has 2 heterocycles. The van der Waals surface area contributed by atoms with Crippen molar-refractivity contribution in [3.8, 4) is 0 Å². The maximum atomic E-state index is 13.9. The summed E-state index contributed by atoms with van der Waals surface area (Å²) < 4.78 is 13.9. The number of carbonyl (C=O) groups excluding carboxylic acids is 1. The van der Waals surface area contributed by atoms with Crippen molar-refractivity contribution in [1.29, 1.82) is 0 Å². The van der Waals surface area contributed by atoms with Crippen LogP contribution in [0.1, 0.15) is 25.5 Å². The summed E-state index contributed by atoms with van der Waals surface area (Å²) in [4.78, 5) is 17.9. The van der Waals surface area contributed by atoms with E-state index in [4.69, 9.17) is 0 Å². The van der Waals surface area contributed by atoms with Gasteiger partial charge in [0.2, 0.25) is 5.91 Å². The maximum absolute atomic E-state index is 13.9. The standard InChI is InChI=1S/C17H20FN3O/c1-3-16(22)21-8-7-12(10-21)20-15-9-11(2)19-17-13(15)5-4-6-14(17)18/h4-6,9,12H,3,7-8,10H2,1-2H3,(H,19,20). The number of anilines is 1. The number of aryl methyl sites for hydroxylation is 1. The Hall–Kier alpha value is -2.17. The molecule has 4 nitrogen and oxygen atoms in total. The van der Waals surface area contributed by atoms with E-state index in [1.54, 1.807) is 6.07 Å². The smallest absolute Gasteiger partial charge is 0.222 e. The molecule has 3 rings (SSSR count). The number of carbonyl (C=O) groups is 1. The molecule has 0 bridgehead atoms. The van der Waals surface area contributed by atoms with Gasteiger partial charge in [-0.1, -0.05) is 19.1 Å². The number of rotatable bonds is 3. The van der Waals surface area contributed by atoms with Crippen LogP contribution in [0.15, 0.2) is 24.3 Å². The first-order chi connectivity index (χ1) is 10.6. The van der Waals surface area contributed by atoms with E-state index >= 15 is 0 Å². The molecule has 2 aromatic rings. The summed E-state index contributed by atoms with van der Waals surface area (Å²) in [6.07, 6.45) is 1.44. The molecule has 1 fully saturated rings. The summed E-state index contributed by atoms with van der Waals surface area (Å²) >= 11 is 0. The topological polar surface area (TPSA) is 45.2 Å². The molecule has 1 aliphatic heterocycles. The second-order valence-electron chi connectivity index (χ2n) is 5.77. The van der Waals surface area contributed by atoms with Gasteiger partial charge in [-0.3, -0.25) is 4.79 Å². The summed E-state index contributed by atoms with van der Waals surface area (Å²) in [5, 5.41) is 4.24. The Balaban J connectivity index is 1.86. The average Bonchev–Trinajstić information content (AvgIpc) is 2.96. The number of fused-ring (bicyclic) bond motifs is 1. The van der Waals surface area contributed by atoms with Gasteiger partial charge in [0.05, 0.1) is 0 Å². The third-order valence-corrected chi connectivity index (χ3v) is 4.12. The molecule has 0 spiro atoms. The SMILES string of the molecule is CCC(=O)N1CCC(Nc2cc(C)nc3c(F)cccc23)C1. The van der Waals surface area contributed by atoms with Crippen LogP contribution >= 0.6 is 0 Å². The molecule has 22 heavy (non-hydrogen) atoms. The number of nitrogens with one attached hydrogen (secondary N) is 1. The Morgan fingerprint density at radius 3 is 3.09 bits per heavy atom. The van der Waals surface area contributed by atoms with Crippen LogP contribution in [0.2, 0.25) is 0 Å². The van der Waals surface area contributed by atoms with Crippen LogP contribution in [0.4, 0.5) is 10.1 Å². The minimum Gasteiger partial charge on any atom is -0.380 e. The Kier molecular flexibility index (Phi) is 3.96. The van der Waals surface area contributed by atoms with Gasteiger partial charge in [-0.2, -0.15) is 0 Å². The van der Waals surface area contributed by atoms with Gasteiger partial charge in [0.25, 0.3) is 0 Å². The van der Waals surface area contributed by atoms with Crippen molar-refractivity contribution in [2.75, 3.05) is 18.4 Å². The number of hydrogen-bond donors (Lipinski definition) is 1. The van der Waals surface area contributed by atoms with Gasteiger partial charge < -0.3 is 10.2 Å². The first-order valence-corrected chi connectivity index (χ1v) is 7.68. The molecule has 0 aliphatic carbocycles. The van der Waals surface area contributed by atoms with E-state index in [0.717, 1.165) is 29.7 Å². The summed E-state index contributed by atoms with van der Waals surface area (Å²) in [7, 11) is 0. The third kappa shape index (κ3) is 2.75. The zero-order valence-corrected chi connectivity index (χ0v) is 12.9. The number of hydrogen-bond acceptors (Lipinski definition) is 3. The Bertz CT molecular complexity index is 716. The van der Waals surface area contributed by atoms with Crippen LogP contribution < -0.4 is 5.32 Å². The summed E-state index contributed by atoms with van der Waals surface area (Å²) in [5.74, 6) is -0.121. The van der Waals surface area contributed by atoms with E-state index in [1.807, 2.05) is 30.9 Å². The maximum Gasteiger partial charge on any atom is 0.222 e. The molecule has 1 amide bonds. The second kappa shape index (κ2) is 5.91. The predicted octanol–water partition coefficient (Wildman–Crippen LogP) is 3.11. The van der Waals surface area contributed by atoms with Gasteiger partial charge >= 0.3 is 0 Å². The van der Waals surface area contributed by atoms with E-state index < -0.39 is 0 Å². The largest absolute Gasteiger partial charge is 0.380 e. The molecule has 1 atom stereocenters. The first-order valence-electron chi connectivity index (χ1n) is 7.68. The number of aromatic nitrogens is 1. The summed E-state index contributed by atoms with van der Waals surface area (Å²) in [6, 6.07) is 7.13. The normalized spacial score (nSPS) is 18.0. The van der Waals surface area contributed by atoms with E-state index in [2.05, 4.69) is 10.3 Å². The van der Waals surface area contributed by atoms with E-state index in [0.29, 0.717) is 18.5 Å². The van der Waals surface area contributed by atoms with Crippen LogP contribution in [-0.4, -0.2) is 34.9 Å². The lowest BCUT2D eigenvalue weighted by Crippen LogP contribution is -2.31. The zero-order valence-electron chi connectivity index (χ0n) is 12.9. The number of para-hydroxylation sites is 1. The third-order valence-electron chi connectivity index (χ3n) is 4.12. The van der Waals surface area contributed by atoms with E-state index in [-0.39, 0.29) is 17.8 Å². The van der Waals surface area contributed by atoms with Gasteiger partial charge in [0, 0.05) is 42.3 Å². The van der Waals surface area contributed by atoms with Crippen molar-refractivity contribution >= 4 is 22.5 Å². The van der Waals surface area contributed by atoms with Crippen LogP contribution in [-0.2, 0) is 4.79 Å². The number of nitrogens with zero attached hydrogens (tertiary/aromatic N) is 2. The van der Waals surface area contributed by atoms with Gasteiger partial charge in [-0.15, -0.1) is 0 Å². The van der Waals surface area contributed by atoms with Crippen molar-refractivity contribution in [3.05, 3.63) is 35.8 Å². The Morgan fingerprint density at radius 1 is 1.50 bits per heavy atom. The molecule has 1 aromatic carbocycles. The minimum atomic E-state index is -0.307. The minimum absolute atomic E-state index is 0.186. The van der Waals surface area contributed by atoms with Gasteiger partial charge in [0.15, 0.2) is 0 Å². The summed E-state index contributed by atoms with van der Waals surface area (Å²) in [6.45, 7) is 5.22. The lowest BCUT2D eigenvalue weighted by Gasteiger charge is -2.18. The Morgan fingerprint density at radius 2 is 2.32 bits per heavy atom. The molecule has 1 saturated heterocycles. The highest BCUT2D eigenvalue weighted by Crippen LogP contribution is 2.27. The quantitative estimate of drug-likeness (QED) is 0.947. The molecule has 1 aliphatic rings. The molecule has 0 saturated carbocycles. The molecule has 1 N–H and O–H groups in total.